The van der Waals surface area contributed by atoms with E-state index >= 15 is 0 Å². The monoisotopic (exact) mass is 183 g/mol. The molecule has 2 nitrogen and oxygen atoms in total. The molecule has 1 N–H and O–H groups in total. The second-order valence-corrected chi connectivity index (χ2v) is 4.34. The summed E-state index contributed by atoms with van der Waals surface area (Å²) in [4.78, 5) is 3.58. The third-order valence-electron chi connectivity index (χ3n) is 2.34. The highest BCUT2D eigenvalue weighted by atomic mass is 32.1. The van der Waals surface area contributed by atoms with E-state index in [1.54, 1.807) is 11.3 Å². The van der Waals surface area contributed by atoms with Gasteiger partial charge in [0.25, 0.3) is 0 Å². The topological polar surface area (TPSA) is 23.5 Å². The van der Waals surface area contributed by atoms with Crippen molar-refractivity contribution in [2.75, 3.05) is 13.6 Å². The van der Waals surface area contributed by atoms with Crippen LogP contribution in [0.3, 0.4) is 0 Å². The largest absolute Gasteiger partial charge is 0.388 e. The lowest BCUT2D eigenvalue weighted by Gasteiger charge is -2.11. The number of rotatable bonds is 0. The summed E-state index contributed by atoms with van der Waals surface area (Å²) >= 11 is 1.74. The molecule has 12 heavy (non-hydrogen) atoms. The molecule has 1 atom stereocenters. The molecule has 0 bridgehead atoms. The molecule has 0 amide bonds. The van der Waals surface area contributed by atoms with Crippen molar-refractivity contribution in [1.29, 1.82) is 0 Å². The Morgan fingerprint density at radius 3 is 3.33 bits per heavy atom. The van der Waals surface area contributed by atoms with Gasteiger partial charge in [-0.1, -0.05) is 0 Å². The fourth-order valence-electron chi connectivity index (χ4n) is 1.60. The molecule has 2 heterocycles. The Morgan fingerprint density at radius 2 is 2.50 bits per heavy atom. The van der Waals surface area contributed by atoms with Crippen LogP contribution in [0, 0.1) is 0 Å². The van der Waals surface area contributed by atoms with Crippen LogP contribution in [0.15, 0.2) is 11.4 Å². The summed E-state index contributed by atoms with van der Waals surface area (Å²) in [5.41, 5.74) is 1.14. The van der Waals surface area contributed by atoms with Gasteiger partial charge >= 0.3 is 0 Å². The highest BCUT2D eigenvalue weighted by molar-refractivity contribution is 7.10. The van der Waals surface area contributed by atoms with E-state index in [1.807, 2.05) is 6.07 Å². The number of aliphatic hydroxyl groups is 1. The molecule has 1 aliphatic heterocycles. The molecule has 1 aromatic rings. The fraction of sp³-hybridized carbons (Fsp3) is 0.556. The minimum atomic E-state index is -0.240. The predicted octanol–water partition coefficient (Wildman–Crippen LogP) is 1.62. The molecular weight excluding hydrogens is 170 g/mol. The second kappa shape index (κ2) is 3.17. The van der Waals surface area contributed by atoms with Crippen molar-refractivity contribution in [3.8, 4) is 0 Å². The number of thiophene rings is 1. The Kier molecular flexibility index (Phi) is 2.17. The Bertz CT molecular complexity index is 271. The third kappa shape index (κ3) is 1.40. The molecular formula is C9H13NOS. The van der Waals surface area contributed by atoms with E-state index in [2.05, 4.69) is 17.3 Å². The average Bonchev–Trinajstić information content (AvgIpc) is 2.44. The van der Waals surface area contributed by atoms with Crippen LogP contribution in [0.4, 0.5) is 0 Å². The number of fused-ring (bicyclic) bond motifs is 1. The van der Waals surface area contributed by atoms with Gasteiger partial charge in [0.15, 0.2) is 0 Å². The van der Waals surface area contributed by atoms with E-state index in [0.29, 0.717) is 0 Å². The van der Waals surface area contributed by atoms with Crippen molar-refractivity contribution >= 4 is 11.3 Å². The first kappa shape index (κ1) is 8.23. The lowest BCUT2D eigenvalue weighted by molar-refractivity contribution is 0.158. The van der Waals surface area contributed by atoms with Crippen LogP contribution in [-0.2, 0) is 6.54 Å². The predicted molar refractivity (Wildman–Crippen MR) is 50.2 cm³/mol. The molecule has 66 valence electrons. The molecule has 0 fully saturated rings. The van der Waals surface area contributed by atoms with Crippen molar-refractivity contribution in [3.63, 3.8) is 0 Å². The minimum Gasteiger partial charge on any atom is -0.388 e. The Morgan fingerprint density at radius 1 is 1.67 bits per heavy atom. The number of nitrogens with zero attached hydrogens (tertiary/aromatic N) is 1. The first-order valence-electron chi connectivity index (χ1n) is 4.20. The number of hydrogen-bond donors (Lipinski definition) is 1. The summed E-state index contributed by atoms with van der Waals surface area (Å²) in [6.45, 7) is 1.98. The molecule has 0 saturated carbocycles. The third-order valence-corrected chi connectivity index (χ3v) is 3.26. The van der Waals surface area contributed by atoms with Crippen LogP contribution in [0.5, 0.6) is 0 Å². The van der Waals surface area contributed by atoms with Crippen molar-refractivity contribution in [2.45, 2.75) is 19.1 Å². The van der Waals surface area contributed by atoms with Crippen LogP contribution < -0.4 is 0 Å². The van der Waals surface area contributed by atoms with Gasteiger partial charge in [-0.05, 0) is 30.5 Å². The van der Waals surface area contributed by atoms with E-state index < -0.39 is 0 Å². The molecule has 0 saturated heterocycles. The average molecular weight is 183 g/mol. The van der Waals surface area contributed by atoms with Gasteiger partial charge < -0.3 is 10.0 Å². The normalized spacial score (nSPS) is 25.0. The number of hydrogen-bond acceptors (Lipinski definition) is 3. The zero-order valence-electron chi connectivity index (χ0n) is 7.16. The standard InChI is InChI=1S/C9H13NOS/c1-10-4-2-8(11)7-3-5-12-9(7)6-10/h3,5,8,11H,2,4,6H2,1H3. The van der Waals surface area contributed by atoms with Gasteiger partial charge in [0.1, 0.15) is 0 Å². The van der Waals surface area contributed by atoms with Crippen LogP contribution >= 0.6 is 11.3 Å². The zero-order chi connectivity index (χ0) is 8.55. The molecule has 2 rings (SSSR count). The maximum absolute atomic E-state index is 9.73. The summed E-state index contributed by atoms with van der Waals surface area (Å²) in [6, 6.07) is 2.05. The van der Waals surface area contributed by atoms with Crippen molar-refractivity contribution < 1.29 is 5.11 Å². The van der Waals surface area contributed by atoms with E-state index in [4.69, 9.17) is 0 Å². The molecule has 0 aliphatic carbocycles. The lowest BCUT2D eigenvalue weighted by Crippen LogP contribution is -2.16. The summed E-state index contributed by atoms with van der Waals surface area (Å²) < 4.78 is 0. The SMILES string of the molecule is CN1CCC(O)c2ccsc2C1. The van der Waals surface area contributed by atoms with Crippen molar-refractivity contribution in [3.05, 3.63) is 21.9 Å². The van der Waals surface area contributed by atoms with Crippen LogP contribution in [-0.4, -0.2) is 23.6 Å². The van der Waals surface area contributed by atoms with Gasteiger partial charge in [-0.2, -0.15) is 0 Å². The maximum Gasteiger partial charge on any atom is 0.0813 e. The van der Waals surface area contributed by atoms with Crippen LogP contribution in [0.25, 0.3) is 0 Å². The Labute approximate surface area is 76.4 Å². The van der Waals surface area contributed by atoms with Gasteiger partial charge in [-0.25, -0.2) is 0 Å². The molecule has 3 heteroatoms. The number of aliphatic hydroxyl groups excluding tert-OH is 1. The van der Waals surface area contributed by atoms with Gasteiger partial charge in [-0.3, -0.25) is 0 Å². The highest BCUT2D eigenvalue weighted by Gasteiger charge is 2.19. The van der Waals surface area contributed by atoms with Crippen LogP contribution in [0.1, 0.15) is 23.0 Å². The van der Waals surface area contributed by atoms with E-state index in [0.717, 1.165) is 25.1 Å². The summed E-state index contributed by atoms with van der Waals surface area (Å²) in [5, 5.41) is 11.8. The highest BCUT2D eigenvalue weighted by Crippen LogP contribution is 2.29. The second-order valence-electron chi connectivity index (χ2n) is 3.34. The molecule has 0 aromatic carbocycles. The van der Waals surface area contributed by atoms with Crippen molar-refractivity contribution in [2.24, 2.45) is 0 Å². The Hall–Kier alpha value is -0.380. The van der Waals surface area contributed by atoms with Crippen LogP contribution in [0.2, 0.25) is 0 Å². The molecule has 1 aromatic heterocycles. The maximum atomic E-state index is 9.73. The zero-order valence-corrected chi connectivity index (χ0v) is 7.97. The Balaban J connectivity index is 2.32. The molecule has 1 aliphatic rings. The van der Waals surface area contributed by atoms with Gasteiger partial charge in [0, 0.05) is 18.0 Å². The van der Waals surface area contributed by atoms with Gasteiger partial charge in [0.05, 0.1) is 6.10 Å². The minimum absolute atomic E-state index is 0.240. The quantitative estimate of drug-likeness (QED) is 0.660. The summed E-state index contributed by atoms with van der Waals surface area (Å²) in [6.07, 6.45) is 0.622. The van der Waals surface area contributed by atoms with Crippen molar-refractivity contribution in [1.82, 2.24) is 4.90 Å². The first-order chi connectivity index (χ1) is 5.77. The first-order valence-corrected chi connectivity index (χ1v) is 5.08. The molecule has 1 unspecified atom stereocenters. The van der Waals surface area contributed by atoms with Gasteiger partial charge in [0.2, 0.25) is 0 Å². The van der Waals surface area contributed by atoms with Gasteiger partial charge in [-0.15, -0.1) is 11.3 Å². The summed E-state index contributed by atoms with van der Waals surface area (Å²) in [7, 11) is 2.10. The molecule has 0 spiro atoms. The van der Waals surface area contributed by atoms with E-state index in [-0.39, 0.29) is 6.10 Å². The molecule has 0 radical (unpaired) electrons. The van der Waals surface area contributed by atoms with E-state index in [9.17, 15) is 5.11 Å². The lowest BCUT2D eigenvalue weighted by atomic mass is 10.1. The van der Waals surface area contributed by atoms with E-state index in [1.165, 1.54) is 4.88 Å². The summed E-state index contributed by atoms with van der Waals surface area (Å²) in [5.74, 6) is 0. The smallest absolute Gasteiger partial charge is 0.0813 e. The fourth-order valence-corrected chi connectivity index (χ4v) is 2.61.